The molecule has 0 fully saturated rings. The minimum Gasteiger partial charge on any atom is -0.277 e. The van der Waals surface area contributed by atoms with Crippen molar-refractivity contribution in [3.05, 3.63) is 48.4 Å². The summed E-state index contributed by atoms with van der Waals surface area (Å²) in [6.45, 7) is 2.04. The lowest BCUT2D eigenvalue weighted by Gasteiger charge is -2.05. The van der Waals surface area contributed by atoms with Crippen molar-refractivity contribution in [3.8, 4) is 0 Å². The molecule has 0 spiro atoms. The van der Waals surface area contributed by atoms with Gasteiger partial charge in [0.2, 0.25) is 0 Å². The number of hydrogen-bond acceptors (Lipinski definition) is 2. The third-order valence-corrected chi connectivity index (χ3v) is 3.52. The highest BCUT2D eigenvalue weighted by molar-refractivity contribution is 6.24. The largest absolute Gasteiger partial charge is 0.277 e. The Morgan fingerprint density at radius 2 is 1.74 bits per heavy atom. The molecule has 0 atom stereocenters. The van der Waals surface area contributed by atoms with Gasteiger partial charge in [0.1, 0.15) is 0 Å². The predicted octanol–water partition coefficient (Wildman–Crippen LogP) is 3.99. The molecule has 3 nitrogen and oxygen atoms in total. The number of fused-ring (bicyclic) bond motifs is 6. The molecule has 4 rings (SSSR count). The number of nitrogens with one attached hydrogen (secondary N) is 1. The topological polar surface area (TPSA) is 41.6 Å². The summed E-state index contributed by atoms with van der Waals surface area (Å²) in [6, 6.07) is 10.4. The van der Waals surface area contributed by atoms with Gasteiger partial charge in [0.15, 0.2) is 0 Å². The van der Waals surface area contributed by atoms with Crippen LogP contribution in [-0.4, -0.2) is 15.2 Å². The van der Waals surface area contributed by atoms with Crippen molar-refractivity contribution in [1.29, 1.82) is 0 Å². The molecular weight excluding hydrogens is 258 g/mol. The first kappa shape index (κ1) is 11.9. The van der Waals surface area contributed by atoms with Gasteiger partial charge in [0.25, 0.3) is 0 Å². The Balaban J connectivity index is 0.00000110. The monoisotopic (exact) mass is 269 g/mol. The Kier molecular flexibility index (Phi) is 2.64. The molecule has 0 unspecified atom stereocenters. The van der Waals surface area contributed by atoms with Crippen molar-refractivity contribution < 1.29 is 0 Å². The highest BCUT2D eigenvalue weighted by atomic mass is 35.5. The van der Waals surface area contributed by atoms with Crippen LogP contribution in [0.1, 0.15) is 5.69 Å². The zero-order chi connectivity index (χ0) is 12.1. The van der Waals surface area contributed by atoms with Crippen LogP contribution >= 0.6 is 12.4 Å². The highest BCUT2D eigenvalue weighted by Gasteiger charge is 2.11. The van der Waals surface area contributed by atoms with Gasteiger partial charge in [0.05, 0.1) is 11.2 Å². The van der Waals surface area contributed by atoms with Gasteiger partial charge in [-0.3, -0.25) is 10.1 Å². The summed E-state index contributed by atoms with van der Waals surface area (Å²) in [4.78, 5) is 4.25. The number of aromatic amines is 1. The molecule has 0 aliphatic heterocycles. The first-order chi connectivity index (χ1) is 8.86. The van der Waals surface area contributed by atoms with Gasteiger partial charge in [-0.2, -0.15) is 5.10 Å². The Bertz CT molecular complexity index is 896. The van der Waals surface area contributed by atoms with Gasteiger partial charge in [-0.25, -0.2) is 0 Å². The maximum atomic E-state index is 4.35. The zero-order valence-electron chi connectivity index (χ0n) is 10.3. The van der Waals surface area contributed by atoms with E-state index < -0.39 is 0 Å². The van der Waals surface area contributed by atoms with E-state index in [9.17, 15) is 0 Å². The number of H-pyrrole nitrogens is 1. The molecule has 2 heterocycles. The van der Waals surface area contributed by atoms with Crippen molar-refractivity contribution in [2.45, 2.75) is 6.92 Å². The van der Waals surface area contributed by atoms with Crippen molar-refractivity contribution in [2.24, 2.45) is 0 Å². The van der Waals surface area contributed by atoms with Gasteiger partial charge in [-0.05, 0) is 23.8 Å². The molecule has 19 heavy (non-hydrogen) atoms. The second kappa shape index (κ2) is 4.21. The number of aryl methyl sites for hydroxylation is 1. The molecule has 2 aromatic carbocycles. The van der Waals surface area contributed by atoms with Crippen molar-refractivity contribution in [3.63, 3.8) is 0 Å². The number of halogens is 1. The maximum Gasteiger partial charge on any atom is 0.0738 e. The lowest BCUT2D eigenvalue weighted by molar-refractivity contribution is 1.07. The number of rotatable bonds is 0. The van der Waals surface area contributed by atoms with Crippen molar-refractivity contribution in [1.82, 2.24) is 15.2 Å². The normalized spacial score (nSPS) is 11.0. The van der Waals surface area contributed by atoms with Gasteiger partial charge in [-0.1, -0.05) is 24.3 Å². The zero-order valence-corrected chi connectivity index (χ0v) is 11.2. The summed E-state index contributed by atoms with van der Waals surface area (Å²) >= 11 is 0. The molecule has 0 aliphatic carbocycles. The quantitative estimate of drug-likeness (QED) is 0.490. The molecule has 0 amide bonds. The van der Waals surface area contributed by atoms with Crippen molar-refractivity contribution >= 4 is 44.9 Å². The van der Waals surface area contributed by atoms with E-state index in [1.54, 1.807) is 0 Å². The van der Waals surface area contributed by atoms with Crippen LogP contribution in [0, 0.1) is 6.92 Å². The van der Waals surface area contributed by atoms with Crippen LogP contribution < -0.4 is 0 Å². The van der Waals surface area contributed by atoms with Crippen LogP contribution in [-0.2, 0) is 0 Å². The fourth-order valence-electron chi connectivity index (χ4n) is 2.72. The fourth-order valence-corrected chi connectivity index (χ4v) is 2.72. The first-order valence-corrected chi connectivity index (χ1v) is 5.95. The van der Waals surface area contributed by atoms with Gasteiger partial charge >= 0.3 is 0 Å². The molecule has 2 aromatic heterocycles. The van der Waals surface area contributed by atoms with E-state index in [-0.39, 0.29) is 12.4 Å². The van der Waals surface area contributed by atoms with Crippen LogP contribution in [0.3, 0.4) is 0 Å². The number of pyridine rings is 1. The smallest absolute Gasteiger partial charge is 0.0738 e. The van der Waals surface area contributed by atoms with Crippen LogP contribution in [0.25, 0.3) is 32.4 Å². The first-order valence-electron chi connectivity index (χ1n) is 5.95. The van der Waals surface area contributed by atoms with Crippen LogP contribution in [0.4, 0.5) is 0 Å². The minimum absolute atomic E-state index is 0. The van der Waals surface area contributed by atoms with Crippen LogP contribution in [0.2, 0.25) is 0 Å². The summed E-state index contributed by atoms with van der Waals surface area (Å²) < 4.78 is 0. The van der Waals surface area contributed by atoms with Gasteiger partial charge in [0, 0.05) is 28.6 Å². The molecule has 0 saturated heterocycles. The van der Waals surface area contributed by atoms with E-state index >= 15 is 0 Å². The van der Waals surface area contributed by atoms with Crippen LogP contribution in [0.15, 0.2) is 42.7 Å². The minimum atomic E-state index is 0. The van der Waals surface area contributed by atoms with E-state index in [0.29, 0.717) is 0 Å². The van der Waals surface area contributed by atoms with E-state index in [1.807, 2.05) is 19.3 Å². The van der Waals surface area contributed by atoms with Gasteiger partial charge < -0.3 is 0 Å². The third kappa shape index (κ3) is 1.52. The summed E-state index contributed by atoms with van der Waals surface area (Å²) in [6.07, 6.45) is 3.77. The number of nitrogens with zero attached hydrogens (tertiary/aromatic N) is 2. The molecule has 94 valence electrons. The van der Waals surface area contributed by atoms with Crippen LogP contribution in [0.5, 0.6) is 0 Å². The fraction of sp³-hybridized carbons (Fsp3) is 0.0667. The third-order valence-electron chi connectivity index (χ3n) is 3.52. The van der Waals surface area contributed by atoms with E-state index in [2.05, 4.69) is 45.5 Å². The van der Waals surface area contributed by atoms with Crippen molar-refractivity contribution in [2.75, 3.05) is 0 Å². The standard InChI is InChI=1S/C15H11N3.ClH/c1-9-14-11-6-7-16-8-13(11)10-4-2-3-5-12(10)15(14)18-17-9;/h2-8H,1H3,(H,17,18);1H. The lowest BCUT2D eigenvalue weighted by atomic mass is 9.99. The Morgan fingerprint density at radius 1 is 0.947 bits per heavy atom. The Labute approximate surface area is 116 Å². The number of aromatic nitrogens is 3. The SMILES string of the molecule is Cc1n[nH]c2c3ccccc3c3cnccc3c12.Cl. The molecule has 0 radical (unpaired) electrons. The summed E-state index contributed by atoms with van der Waals surface area (Å²) in [7, 11) is 0. The highest BCUT2D eigenvalue weighted by Crippen LogP contribution is 2.34. The molecule has 4 aromatic rings. The average Bonchev–Trinajstić information content (AvgIpc) is 2.82. The van der Waals surface area contributed by atoms with E-state index in [0.717, 1.165) is 11.2 Å². The molecule has 1 N–H and O–H groups in total. The summed E-state index contributed by atoms with van der Waals surface area (Å²) in [5.74, 6) is 0. The Morgan fingerprint density at radius 3 is 2.58 bits per heavy atom. The maximum absolute atomic E-state index is 4.35. The second-order valence-corrected chi connectivity index (χ2v) is 4.53. The summed E-state index contributed by atoms with van der Waals surface area (Å²) in [5.41, 5.74) is 2.15. The second-order valence-electron chi connectivity index (χ2n) is 4.53. The van der Waals surface area contributed by atoms with E-state index in [1.165, 1.54) is 26.9 Å². The van der Waals surface area contributed by atoms with Gasteiger partial charge in [-0.15, -0.1) is 12.4 Å². The summed E-state index contributed by atoms with van der Waals surface area (Å²) in [5, 5.41) is 13.5. The lowest BCUT2D eigenvalue weighted by Crippen LogP contribution is -1.82. The Hall–Kier alpha value is -2.13. The predicted molar refractivity (Wildman–Crippen MR) is 80.9 cm³/mol. The molecular formula is C15H12ClN3. The molecule has 0 saturated carbocycles. The number of benzene rings is 2. The molecule has 0 aliphatic rings. The number of hydrogen-bond donors (Lipinski definition) is 1. The average molecular weight is 270 g/mol. The molecule has 0 bridgehead atoms. The van der Waals surface area contributed by atoms with E-state index in [4.69, 9.17) is 0 Å². The molecule has 4 heteroatoms.